The molecule has 5 fully saturated rings. The summed E-state index contributed by atoms with van der Waals surface area (Å²) in [5, 5.41) is 35.7. The predicted molar refractivity (Wildman–Crippen MR) is 215 cm³/mol. The number of aliphatic hydroxyl groups excluding tert-OH is 1. The van der Waals surface area contributed by atoms with Crippen molar-refractivity contribution < 1.29 is 58.1 Å². The summed E-state index contributed by atoms with van der Waals surface area (Å²) in [5.41, 5.74) is -0.121. The van der Waals surface area contributed by atoms with E-state index in [1.165, 1.54) is 7.11 Å². The van der Waals surface area contributed by atoms with E-state index in [2.05, 4.69) is 33.0 Å². The Hall–Kier alpha value is -2.36. The van der Waals surface area contributed by atoms with Crippen molar-refractivity contribution in [2.24, 2.45) is 35.5 Å². The summed E-state index contributed by atoms with van der Waals surface area (Å²) in [6.45, 7) is 16.1. The number of carboxylic acids is 1. The minimum atomic E-state index is -1.65. The number of carbonyl (C=O) groups excluding carboxylic acids is 1. The lowest BCUT2D eigenvalue weighted by Gasteiger charge is -2.49. The van der Waals surface area contributed by atoms with E-state index < -0.39 is 65.2 Å². The Labute approximate surface area is 345 Å². The van der Waals surface area contributed by atoms with Gasteiger partial charge in [0.15, 0.2) is 5.79 Å². The molecule has 58 heavy (non-hydrogen) atoms. The number of aliphatic hydroxyl groups is 2. The number of nitrogens with one attached hydrogen (secondary N) is 1. The molecular formula is C45H71NO12. The normalized spacial score (nSPS) is 43.2. The number of carbonyl (C=O) groups is 2. The Morgan fingerprint density at radius 1 is 1.00 bits per heavy atom. The number of methoxy groups -OCH3 is 1. The van der Waals surface area contributed by atoms with E-state index in [1.54, 1.807) is 6.92 Å². The Morgan fingerprint density at radius 2 is 1.72 bits per heavy atom. The Bertz CT molecular complexity index is 1550. The van der Waals surface area contributed by atoms with Gasteiger partial charge in [0.1, 0.15) is 6.61 Å². The van der Waals surface area contributed by atoms with Gasteiger partial charge in [0.2, 0.25) is 5.79 Å². The first-order valence-electron chi connectivity index (χ1n) is 21.9. The van der Waals surface area contributed by atoms with Crippen molar-refractivity contribution in [2.75, 3.05) is 20.3 Å². The third-order valence-electron chi connectivity index (χ3n) is 14.8. The fraction of sp³-hybridized carbons (Fsp3) is 0.822. The molecule has 1 aromatic rings. The van der Waals surface area contributed by atoms with Gasteiger partial charge >= 0.3 is 12.1 Å². The molecule has 0 saturated carbocycles. The molecule has 17 atom stereocenters. The highest BCUT2D eigenvalue weighted by molar-refractivity contribution is 5.70. The highest BCUT2D eigenvalue weighted by atomic mass is 16.7. The number of ether oxygens (including phenoxy) is 7. The molecule has 13 nitrogen and oxygen atoms in total. The summed E-state index contributed by atoms with van der Waals surface area (Å²) >= 11 is 0. The molecule has 0 bridgehead atoms. The second-order valence-electron chi connectivity index (χ2n) is 18.9. The maximum Gasteiger partial charge on any atom is 0.407 e. The Morgan fingerprint density at radius 3 is 2.40 bits per heavy atom. The van der Waals surface area contributed by atoms with E-state index in [9.17, 15) is 24.9 Å². The summed E-state index contributed by atoms with van der Waals surface area (Å²) in [7, 11) is 1.52. The number of benzene rings is 1. The summed E-state index contributed by atoms with van der Waals surface area (Å²) < 4.78 is 45.6. The number of alkyl carbamates (subject to hydrolysis) is 1. The molecule has 2 unspecified atom stereocenters. The van der Waals surface area contributed by atoms with Gasteiger partial charge in [0.25, 0.3) is 0 Å². The number of rotatable bonds is 14. The van der Waals surface area contributed by atoms with Gasteiger partial charge < -0.3 is 53.8 Å². The number of aliphatic carboxylic acids is 1. The summed E-state index contributed by atoms with van der Waals surface area (Å²) in [4.78, 5) is 24.5. The molecule has 6 rings (SSSR count). The van der Waals surface area contributed by atoms with Crippen LogP contribution in [0, 0.1) is 35.5 Å². The molecule has 5 saturated heterocycles. The molecule has 5 aliphatic rings. The molecule has 5 heterocycles. The average molecular weight is 818 g/mol. The summed E-state index contributed by atoms with van der Waals surface area (Å²) in [6.07, 6.45) is 2.52. The lowest BCUT2D eigenvalue weighted by Crippen LogP contribution is -2.57. The molecule has 1 spiro atoms. The third kappa shape index (κ3) is 9.12. The lowest BCUT2D eigenvalue weighted by atomic mass is 9.78. The van der Waals surface area contributed by atoms with Crippen molar-refractivity contribution in [2.45, 2.75) is 179 Å². The molecule has 4 N–H and O–H groups in total. The Kier molecular flexibility index (Phi) is 14.0. The second kappa shape index (κ2) is 17.9. The summed E-state index contributed by atoms with van der Waals surface area (Å²) in [6, 6.07) is 9.89. The van der Waals surface area contributed by atoms with Crippen molar-refractivity contribution in [3.05, 3.63) is 35.9 Å². The van der Waals surface area contributed by atoms with Crippen molar-refractivity contribution >= 4 is 12.1 Å². The molecule has 0 aliphatic carbocycles. The number of amides is 1. The quantitative estimate of drug-likeness (QED) is 0.167. The van der Waals surface area contributed by atoms with Gasteiger partial charge in [0.05, 0.1) is 59.8 Å². The zero-order chi connectivity index (χ0) is 42.2. The predicted octanol–water partition coefficient (Wildman–Crippen LogP) is 6.25. The van der Waals surface area contributed by atoms with Crippen LogP contribution in [0.15, 0.2) is 30.3 Å². The largest absolute Gasteiger partial charge is 0.481 e. The topological polar surface area (TPSA) is 171 Å². The zero-order valence-electron chi connectivity index (χ0n) is 36.2. The fourth-order valence-electron chi connectivity index (χ4n) is 11.1. The first-order valence-corrected chi connectivity index (χ1v) is 21.9. The molecule has 0 aromatic heterocycles. The third-order valence-corrected chi connectivity index (χ3v) is 14.8. The van der Waals surface area contributed by atoms with Crippen molar-refractivity contribution in [1.82, 2.24) is 5.32 Å². The number of carboxylic acid groups (broad SMARTS) is 1. The first-order chi connectivity index (χ1) is 27.4. The number of hydrogen-bond acceptors (Lipinski definition) is 11. The van der Waals surface area contributed by atoms with Gasteiger partial charge in [-0.25, -0.2) is 4.79 Å². The van der Waals surface area contributed by atoms with Gasteiger partial charge in [-0.1, -0.05) is 71.9 Å². The highest BCUT2D eigenvalue weighted by Crippen LogP contribution is 2.55. The zero-order valence-corrected chi connectivity index (χ0v) is 36.2. The van der Waals surface area contributed by atoms with Crippen LogP contribution in [0.3, 0.4) is 0 Å². The van der Waals surface area contributed by atoms with Crippen LogP contribution in [0.5, 0.6) is 0 Å². The fourth-order valence-corrected chi connectivity index (χ4v) is 11.1. The SMILES string of the molecule is CC[C@@]1([C@@H]2O[C@@H]([C@@H]3O[C@@](O)(COC(=O)NCCc4ccccc4)[C@H](C)C[C@@H]3C)C[C@@H]2C)CC[C@H]([C@]2(C)CCC3(C[C@H](O)[C@@H](C)[C@@H]([C@@H](C)[C@@H](OC)C(C)C(=O)O)O3)O2)O1. The molecular weight excluding hydrogens is 746 g/mol. The van der Waals surface area contributed by atoms with Crippen molar-refractivity contribution in [3.8, 4) is 0 Å². The van der Waals surface area contributed by atoms with E-state index in [-0.39, 0.29) is 54.5 Å². The lowest BCUT2D eigenvalue weighted by molar-refractivity contribution is -0.336. The molecule has 5 aliphatic heterocycles. The standard InChI is InChI=1S/C45H71NO12/c1-10-43(18-16-35(55-43)42(8)19-20-44(58-42)24-33(47)29(5)38(56-44)30(6)37(52-9)31(7)40(48)49)39-27(3)23-34(54-39)36-26(2)22-28(4)45(51,57-36)25-53-41(50)46-21-17-32-14-12-11-13-15-32/h11-15,26-31,33-39,47,51H,10,16-25H2,1-9H3,(H,46,50)(H,48,49)/t26-,27-,28+,29+,30-,31?,33-,34+,35+,36+,37+,38-,39+,42-,43-,44?,45-/m0/s1. The minimum Gasteiger partial charge on any atom is -0.481 e. The van der Waals surface area contributed by atoms with Crippen LogP contribution in [0.4, 0.5) is 4.79 Å². The van der Waals surface area contributed by atoms with Crippen LogP contribution in [0.25, 0.3) is 0 Å². The van der Waals surface area contributed by atoms with Gasteiger partial charge in [-0.3, -0.25) is 4.79 Å². The van der Waals surface area contributed by atoms with Crippen LogP contribution in [-0.4, -0.2) is 113 Å². The van der Waals surface area contributed by atoms with Crippen LogP contribution >= 0.6 is 0 Å². The van der Waals surface area contributed by atoms with Gasteiger partial charge in [-0.15, -0.1) is 0 Å². The molecule has 328 valence electrons. The van der Waals surface area contributed by atoms with Crippen LogP contribution in [0.2, 0.25) is 0 Å². The minimum absolute atomic E-state index is 0.106. The van der Waals surface area contributed by atoms with E-state index in [0.717, 1.165) is 31.2 Å². The van der Waals surface area contributed by atoms with Crippen LogP contribution < -0.4 is 5.32 Å². The van der Waals surface area contributed by atoms with Gasteiger partial charge in [0, 0.05) is 44.2 Å². The van der Waals surface area contributed by atoms with Gasteiger partial charge in [-0.2, -0.15) is 0 Å². The molecule has 1 aromatic carbocycles. The van der Waals surface area contributed by atoms with Crippen LogP contribution in [0.1, 0.15) is 112 Å². The van der Waals surface area contributed by atoms with E-state index in [0.29, 0.717) is 38.6 Å². The van der Waals surface area contributed by atoms with Crippen LogP contribution in [-0.2, 0) is 44.4 Å². The van der Waals surface area contributed by atoms with Crippen molar-refractivity contribution in [3.63, 3.8) is 0 Å². The van der Waals surface area contributed by atoms with E-state index in [1.807, 2.05) is 51.1 Å². The maximum absolute atomic E-state index is 12.6. The van der Waals surface area contributed by atoms with E-state index >= 15 is 0 Å². The average Bonchev–Trinajstić information content (AvgIpc) is 3.91. The second-order valence-corrected chi connectivity index (χ2v) is 18.9. The first kappa shape index (κ1) is 45.2. The Balaban J connectivity index is 1.08. The van der Waals surface area contributed by atoms with Gasteiger partial charge in [-0.05, 0) is 76.2 Å². The maximum atomic E-state index is 12.6. The smallest absolute Gasteiger partial charge is 0.407 e. The number of hydrogen-bond donors (Lipinski definition) is 4. The molecule has 0 radical (unpaired) electrons. The summed E-state index contributed by atoms with van der Waals surface area (Å²) in [5.74, 6) is -4.91. The molecule has 13 heteroatoms. The van der Waals surface area contributed by atoms with Crippen molar-refractivity contribution in [1.29, 1.82) is 0 Å². The van der Waals surface area contributed by atoms with E-state index in [4.69, 9.17) is 33.2 Å². The highest BCUT2D eigenvalue weighted by Gasteiger charge is 2.62. The molecule has 1 amide bonds. The monoisotopic (exact) mass is 817 g/mol.